The van der Waals surface area contributed by atoms with Crippen molar-refractivity contribution < 1.29 is 9.47 Å². The van der Waals surface area contributed by atoms with E-state index in [1.165, 1.54) is 0 Å². The van der Waals surface area contributed by atoms with E-state index in [1.54, 1.807) is 7.11 Å². The first-order valence-corrected chi connectivity index (χ1v) is 4.88. The highest BCUT2D eigenvalue weighted by Crippen LogP contribution is 2.34. The predicted molar refractivity (Wildman–Crippen MR) is 61.3 cm³/mol. The Morgan fingerprint density at radius 2 is 2.27 bits per heavy atom. The van der Waals surface area contributed by atoms with Gasteiger partial charge in [0, 0.05) is 0 Å². The fourth-order valence-corrected chi connectivity index (χ4v) is 1.59. The summed E-state index contributed by atoms with van der Waals surface area (Å²) in [5, 5.41) is 0. The van der Waals surface area contributed by atoms with Crippen LogP contribution in [0.2, 0.25) is 0 Å². The third kappa shape index (κ3) is 1.75. The first-order chi connectivity index (χ1) is 7.22. The van der Waals surface area contributed by atoms with Gasteiger partial charge in [0.1, 0.15) is 18.1 Å². The van der Waals surface area contributed by atoms with Gasteiger partial charge in [-0.05, 0) is 30.7 Å². The summed E-state index contributed by atoms with van der Waals surface area (Å²) in [7, 11) is 1.67. The van der Waals surface area contributed by atoms with Crippen LogP contribution in [0.15, 0.2) is 35.9 Å². The van der Waals surface area contributed by atoms with Crippen molar-refractivity contribution in [1.29, 1.82) is 0 Å². The van der Waals surface area contributed by atoms with Gasteiger partial charge in [-0.15, -0.1) is 0 Å². The van der Waals surface area contributed by atoms with Crippen LogP contribution in [0, 0.1) is 0 Å². The van der Waals surface area contributed by atoms with Crippen molar-refractivity contribution in [3.63, 3.8) is 0 Å². The van der Waals surface area contributed by atoms with Gasteiger partial charge in [0.15, 0.2) is 0 Å². The van der Waals surface area contributed by atoms with E-state index in [4.69, 9.17) is 9.47 Å². The SMILES string of the molecule is C=C(C)C1=Cc2c(OC)cccc2OC1. The number of rotatable bonds is 2. The number of benzene rings is 1. The van der Waals surface area contributed by atoms with E-state index in [-0.39, 0.29) is 0 Å². The second-order valence-electron chi connectivity index (χ2n) is 3.61. The maximum Gasteiger partial charge on any atom is 0.130 e. The molecule has 0 aliphatic carbocycles. The maximum absolute atomic E-state index is 5.63. The summed E-state index contributed by atoms with van der Waals surface area (Å²) < 4.78 is 10.9. The monoisotopic (exact) mass is 202 g/mol. The van der Waals surface area contributed by atoms with Gasteiger partial charge in [0.05, 0.1) is 12.7 Å². The van der Waals surface area contributed by atoms with Crippen molar-refractivity contribution in [2.45, 2.75) is 6.92 Å². The third-order valence-electron chi connectivity index (χ3n) is 2.50. The summed E-state index contributed by atoms with van der Waals surface area (Å²) >= 11 is 0. The molecule has 0 bridgehead atoms. The molecule has 1 aromatic rings. The van der Waals surface area contributed by atoms with Gasteiger partial charge >= 0.3 is 0 Å². The smallest absolute Gasteiger partial charge is 0.130 e. The molecule has 0 saturated heterocycles. The number of fused-ring (bicyclic) bond motifs is 1. The lowest BCUT2D eigenvalue weighted by molar-refractivity contribution is 0.343. The largest absolute Gasteiger partial charge is 0.496 e. The molecule has 78 valence electrons. The molecule has 1 aliphatic heterocycles. The zero-order valence-corrected chi connectivity index (χ0v) is 9.04. The van der Waals surface area contributed by atoms with Crippen LogP contribution < -0.4 is 9.47 Å². The zero-order chi connectivity index (χ0) is 10.8. The number of methoxy groups -OCH3 is 1. The summed E-state index contributed by atoms with van der Waals surface area (Å²) in [4.78, 5) is 0. The number of hydrogen-bond donors (Lipinski definition) is 0. The van der Waals surface area contributed by atoms with E-state index in [0.29, 0.717) is 6.61 Å². The lowest BCUT2D eigenvalue weighted by Crippen LogP contribution is -2.08. The minimum absolute atomic E-state index is 0.593. The van der Waals surface area contributed by atoms with Crippen LogP contribution in [0.5, 0.6) is 11.5 Å². The molecule has 2 nitrogen and oxygen atoms in total. The lowest BCUT2D eigenvalue weighted by atomic mass is 10.0. The van der Waals surface area contributed by atoms with Crippen LogP contribution >= 0.6 is 0 Å². The fraction of sp³-hybridized carbons (Fsp3) is 0.231. The minimum Gasteiger partial charge on any atom is -0.496 e. The maximum atomic E-state index is 5.63. The second-order valence-corrected chi connectivity index (χ2v) is 3.61. The predicted octanol–water partition coefficient (Wildman–Crippen LogP) is 3.05. The molecule has 0 unspecified atom stereocenters. The Kier molecular flexibility index (Phi) is 2.50. The molecule has 2 rings (SSSR count). The molecule has 0 amide bonds. The highest BCUT2D eigenvalue weighted by atomic mass is 16.5. The van der Waals surface area contributed by atoms with Gasteiger partial charge in [0.25, 0.3) is 0 Å². The number of ether oxygens (including phenoxy) is 2. The Morgan fingerprint density at radius 3 is 2.93 bits per heavy atom. The molecule has 0 N–H and O–H groups in total. The molecule has 0 saturated carbocycles. The quantitative estimate of drug-likeness (QED) is 0.733. The molecule has 0 aromatic heterocycles. The van der Waals surface area contributed by atoms with Gasteiger partial charge in [-0.1, -0.05) is 18.2 Å². The Labute approximate surface area is 89.8 Å². The lowest BCUT2D eigenvalue weighted by Gasteiger charge is -2.19. The van der Waals surface area contributed by atoms with Crippen LogP contribution in [0.4, 0.5) is 0 Å². The molecule has 1 aromatic carbocycles. The highest BCUT2D eigenvalue weighted by Gasteiger charge is 2.15. The van der Waals surface area contributed by atoms with Gasteiger partial charge in [0.2, 0.25) is 0 Å². The first kappa shape index (κ1) is 9.84. The molecule has 2 heteroatoms. The molecule has 1 aliphatic rings. The Bertz CT molecular complexity index is 430. The Hall–Kier alpha value is -1.70. The zero-order valence-electron chi connectivity index (χ0n) is 9.04. The van der Waals surface area contributed by atoms with Crippen LogP contribution in [-0.4, -0.2) is 13.7 Å². The molecular weight excluding hydrogens is 188 g/mol. The Morgan fingerprint density at radius 1 is 1.47 bits per heavy atom. The van der Waals surface area contributed by atoms with Crippen LogP contribution in [0.1, 0.15) is 12.5 Å². The highest BCUT2D eigenvalue weighted by molar-refractivity contribution is 5.70. The summed E-state index contributed by atoms with van der Waals surface area (Å²) in [5.74, 6) is 1.71. The van der Waals surface area contributed by atoms with E-state index < -0.39 is 0 Å². The summed E-state index contributed by atoms with van der Waals surface area (Å²) in [6.07, 6.45) is 2.08. The molecular formula is C13H14O2. The molecule has 0 spiro atoms. The average Bonchev–Trinajstić information content (AvgIpc) is 2.27. The summed E-state index contributed by atoms with van der Waals surface area (Å²) in [5.41, 5.74) is 3.16. The second kappa shape index (κ2) is 3.81. The Balaban J connectivity index is 2.51. The molecule has 0 radical (unpaired) electrons. The number of hydrogen-bond acceptors (Lipinski definition) is 2. The van der Waals surface area contributed by atoms with Crippen molar-refractivity contribution in [1.82, 2.24) is 0 Å². The van der Waals surface area contributed by atoms with Crippen molar-refractivity contribution in [3.8, 4) is 11.5 Å². The normalized spacial score (nSPS) is 13.6. The van der Waals surface area contributed by atoms with Gasteiger partial charge in [-0.3, -0.25) is 0 Å². The van der Waals surface area contributed by atoms with Crippen LogP contribution in [-0.2, 0) is 0 Å². The van der Waals surface area contributed by atoms with Crippen LogP contribution in [0.3, 0.4) is 0 Å². The standard InChI is InChI=1S/C13H14O2/c1-9(2)10-7-11-12(14-3)5-4-6-13(11)15-8-10/h4-7H,1,8H2,2-3H3. The van der Waals surface area contributed by atoms with Crippen LogP contribution in [0.25, 0.3) is 6.08 Å². The summed E-state index contributed by atoms with van der Waals surface area (Å²) in [6, 6.07) is 5.81. The molecule has 0 fully saturated rings. The van der Waals surface area contributed by atoms with Gasteiger partial charge < -0.3 is 9.47 Å². The van der Waals surface area contributed by atoms with Crippen molar-refractivity contribution in [2.75, 3.05) is 13.7 Å². The van der Waals surface area contributed by atoms with Crippen molar-refractivity contribution in [3.05, 3.63) is 41.5 Å². The first-order valence-electron chi connectivity index (χ1n) is 4.88. The van der Waals surface area contributed by atoms with E-state index in [9.17, 15) is 0 Å². The topological polar surface area (TPSA) is 18.5 Å². The molecule has 1 heterocycles. The van der Waals surface area contributed by atoms with E-state index in [2.05, 4.69) is 12.7 Å². The van der Waals surface area contributed by atoms with E-state index in [1.807, 2.05) is 25.1 Å². The average molecular weight is 202 g/mol. The molecule has 0 atom stereocenters. The minimum atomic E-state index is 0.593. The van der Waals surface area contributed by atoms with Crippen molar-refractivity contribution >= 4 is 6.08 Å². The van der Waals surface area contributed by atoms with E-state index >= 15 is 0 Å². The van der Waals surface area contributed by atoms with E-state index in [0.717, 1.165) is 28.2 Å². The van der Waals surface area contributed by atoms with Crippen molar-refractivity contribution in [2.24, 2.45) is 0 Å². The third-order valence-corrected chi connectivity index (χ3v) is 2.50. The molecule has 15 heavy (non-hydrogen) atoms. The van der Waals surface area contributed by atoms with Gasteiger partial charge in [-0.25, -0.2) is 0 Å². The fourth-order valence-electron chi connectivity index (χ4n) is 1.59. The van der Waals surface area contributed by atoms with Gasteiger partial charge in [-0.2, -0.15) is 0 Å². The summed E-state index contributed by atoms with van der Waals surface area (Å²) in [6.45, 7) is 6.49.